The van der Waals surface area contributed by atoms with E-state index in [9.17, 15) is 4.79 Å². The number of imidazole rings is 1. The van der Waals surface area contributed by atoms with Gasteiger partial charge in [-0.25, -0.2) is 9.78 Å². The first kappa shape index (κ1) is 8.51. The molecule has 1 aromatic heterocycles. The number of ether oxygens (including phenoxy) is 1. The molecule has 1 aromatic rings. The lowest BCUT2D eigenvalue weighted by atomic mass is 10.5. The molecule has 0 fully saturated rings. The van der Waals surface area contributed by atoms with Crippen molar-refractivity contribution in [3.05, 3.63) is 15.7 Å². The van der Waals surface area contributed by atoms with Crippen LogP contribution in [0.5, 0.6) is 0 Å². The average Bonchev–Trinajstić information content (AvgIpc) is 2.32. The van der Waals surface area contributed by atoms with Gasteiger partial charge in [0.1, 0.15) is 5.69 Å². The average molecular weight is 266 g/mol. The van der Waals surface area contributed by atoms with Crippen molar-refractivity contribution in [2.24, 2.45) is 7.05 Å². The Morgan fingerprint density at radius 2 is 2.45 bits per heavy atom. The van der Waals surface area contributed by atoms with Gasteiger partial charge in [0.15, 0.2) is 3.83 Å². The second-order valence-electron chi connectivity index (χ2n) is 1.96. The van der Waals surface area contributed by atoms with Crippen LogP contribution in [0.1, 0.15) is 10.5 Å². The summed E-state index contributed by atoms with van der Waals surface area (Å²) in [5, 5.41) is 0. The van der Waals surface area contributed by atoms with Gasteiger partial charge in [0.2, 0.25) is 0 Å². The topological polar surface area (TPSA) is 44.1 Å². The van der Waals surface area contributed by atoms with E-state index in [-0.39, 0.29) is 5.97 Å². The molecule has 4 nitrogen and oxygen atoms in total. The van der Waals surface area contributed by atoms with Gasteiger partial charge in [0, 0.05) is 7.05 Å². The van der Waals surface area contributed by atoms with Gasteiger partial charge in [-0.2, -0.15) is 0 Å². The SMILES string of the molecule is COC(=O)c1cnc(I)n1C. The first-order valence-electron chi connectivity index (χ1n) is 2.92. The first-order valence-corrected chi connectivity index (χ1v) is 4.00. The molecule has 0 spiro atoms. The Kier molecular flexibility index (Phi) is 2.48. The van der Waals surface area contributed by atoms with E-state index in [4.69, 9.17) is 0 Å². The van der Waals surface area contributed by atoms with Crippen LogP contribution in [-0.4, -0.2) is 22.6 Å². The maximum Gasteiger partial charge on any atom is 0.356 e. The minimum atomic E-state index is -0.358. The number of carbonyl (C=O) groups is 1. The summed E-state index contributed by atoms with van der Waals surface area (Å²) in [6, 6.07) is 0. The number of hydrogen-bond donors (Lipinski definition) is 0. The van der Waals surface area contributed by atoms with E-state index in [1.807, 2.05) is 22.6 Å². The van der Waals surface area contributed by atoms with Gasteiger partial charge in [0.05, 0.1) is 13.3 Å². The minimum Gasteiger partial charge on any atom is -0.464 e. The summed E-state index contributed by atoms with van der Waals surface area (Å²) in [5.41, 5.74) is 0.469. The van der Waals surface area contributed by atoms with Gasteiger partial charge in [-0.15, -0.1) is 0 Å². The summed E-state index contributed by atoms with van der Waals surface area (Å²) < 4.78 is 6.97. The van der Waals surface area contributed by atoms with E-state index >= 15 is 0 Å². The lowest BCUT2D eigenvalue weighted by molar-refractivity contribution is 0.0589. The zero-order valence-electron chi connectivity index (χ0n) is 6.17. The first-order chi connectivity index (χ1) is 5.16. The fourth-order valence-electron chi connectivity index (χ4n) is 0.681. The molecule has 60 valence electrons. The highest BCUT2D eigenvalue weighted by Gasteiger charge is 2.11. The number of halogens is 1. The predicted molar refractivity (Wildman–Crippen MR) is 47.3 cm³/mol. The van der Waals surface area contributed by atoms with Crippen LogP contribution in [0.3, 0.4) is 0 Å². The minimum absolute atomic E-state index is 0.358. The fourth-order valence-corrected chi connectivity index (χ4v) is 1.08. The Bertz CT molecular complexity index is 282. The summed E-state index contributed by atoms with van der Waals surface area (Å²) in [6.45, 7) is 0. The molecule has 0 amide bonds. The molecule has 5 heteroatoms. The zero-order chi connectivity index (χ0) is 8.43. The third-order valence-electron chi connectivity index (χ3n) is 1.33. The molecule has 0 saturated heterocycles. The van der Waals surface area contributed by atoms with Crippen LogP contribution in [0.25, 0.3) is 0 Å². The molecule has 0 unspecified atom stereocenters. The van der Waals surface area contributed by atoms with Crippen LogP contribution in [0.4, 0.5) is 0 Å². The maximum absolute atomic E-state index is 11.0. The molecule has 0 aliphatic rings. The molecule has 0 atom stereocenters. The molecule has 0 aliphatic carbocycles. The number of hydrogen-bond acceptors (Lipinski definition) is 3. The van der Waals surface area contributed by atoms with Gasteiger partial charge in [-0.3, -0.25) is 0 Å². The van der Waals surface area contributed by atoms with E-state index < -0.39 is 0 Å². The zero-order valence-corrected chi connectivity index (χ0v) is 8.32. The molecule has 1 heterocycles. The van der Waals surface area contributed by atoms with Crippen LogP contribution < -0.4 is 0 Å². The summed E-state index contributed by atoms with van der Waals surface area (Å²) in [5.74, 6) is -0.358. The second-order valence-corrected chi connectivity index (χ2v) is 2.93. The van der Waals surface area contributed by atoms with Crippen molar-refractivity contribution < 1.29 is 9.53 Å². The Hall–Kier alpha value is -0.590. The monoisotopic (exact) mass is 266 g/mol. The third kappa shape index (κ3) is 1.52. The number of aromatic nitrogens is 2. The lowest BCUT2D eigenvalue weighted by Crippen LogP contribution is -2.07. The fraction of sp³-hybridized carbons (Fsp3) is 0.333. The van der Waals surface area contributed by atoms with Crippen LogP contribution in [0, 0.1) is 3.83 Å². The van der Waals surface area contributed by atoms with Gasteiger partial charge in [-0.05, 0) is 22.6 Å². The molecule has 1 rings (SSSR count). The molecule has 0 radical (unpaired) electrons. The highest BCUT2D eigenvalue weighted by Crippen LogP contribution is 2.05. The van der Waals surface area contributed by atoms with E-state index in [0.717, 1.165) is 3.83 Å². The van der Waals surface area contributed by atoms with Crippen molar-refractivity contribution in [1.82, 2.24) is 9.55 Å². The third-order valence-corrected chi connectivity index (χ3v) is 2.33. The molecule has 0 aliphatic heterocycles. The molecular formula is C6H7IN2O2. The van der Waals surface area contributed by atoms with Crippen LogP contribution in [0.15, 0.2) is 6.20 Å². The number of methoxy groups -OCH3 is 1. The Labute approximate surface area is 77.7 Å². The van der Waals surface area contributed by atoms with Crippen molar-refractivity contribution in [3.63, 3.8) is 0 Å². The van der Waals surface area contributed by atoms with Gasteiger partial charge in [-0.1, -0.05) is 0 Å². The Morgan fingerprint density at radius 1 is 1.82 bits per heavy atom. The lowest BCUT2D eigenvalue weighted by Gasteiger charge is -1.98. The maximum atomic E-state index is 11.0. The van der Waals surface area contributed by atoms with Crippen molar-refractivity contribution in [2.45, 2.75) is 0 Å². The Balaban J connectivity index is 3.04. The van der Waals surface area contributed by atoms with Crippen molar-refractivity contribution in [1.29, 1.82) is 0 Å². The predicted octanol–water partition coefficient (Wildman–Crippen LogP) is 0.811. The van der Waals surface area contributed by atoms with E-state index in [2.05, 4.69) is 9.72 Å². The highest BCUT2D eigenvalue weighted by atomic mass is 127. The second kappa shape index (κ2) is 3.21. The molecule has 0 bridgehead atoms. The number of carbonyl (C=O) groups excluding carboxylic acids is 1. The van der Waals surface area contributed by atoms with Gasteiger partial charge < -0.3 is 9.30 Å². The molecule has 0 saturated carbocycles. The van der Waals surface area contributed by atoms with Crippen molar-refractivity contribution >= 4 is 28.6 Å². The van der Waals surface area contributed by atoms with Crippen molar-refractivity contribution in [3.8, 4) is 0 Å². The summed E-state index contributed by atoms with van der Waals surface area (Å²) in [4.78, 5) is 14.9. The number of rotatable bonds is 1. The van der Waals surface area contributed by atoms with E-state index in [0.29, 0.717) is 5.69 Å². The van der Waals surface area contributed by atoms with Gasteiger partial charge in [0.25, 0.3) is 0 Å². The quantitative estimate of drug-likeness (QED) is 0.558. The molecule has 0 aromatic carbocycles. The van der Waals surface area contributed by atoms with E-state index in [1.54, 1.807) is 11.6 Å². The van der Waals surface area contributed by atoms with Gasteiger partial charge >= 0.3 is 5.97 Å². The van der Waals surface area contributed by atoms with Crippen LogP contribution >= 0.6 is 22.6 Å². The molecule has 0 N–H and O–H groups in total. The molecular weight excluding hydrogens is 259 g/mol. The largest absolute Gasteiger partial charge is 0.464 e. The highest BCUT2D eigenvalue weighted by molar-refractivity contribution is 14.1. The smallest absolute Gasteiger partial charge is 0.356 e. The van der Waals surface area contributed by atoms with Crippen LogP contribution in [0.2, 0.25) is 0 Å². The molecule has 11 heavy (non-hydrogen) atoms. The Morgan fingerprint density at radius 3 is 2.82 bits per heavy atom. The van der Waals surface area contributed by atoms with Crippen molar-refractivity contribution in [2.75, 3.05) is 7.11 Å². The normalized spacial score (nSPS) is 9.73. The summed E-state index contributed by atoms with van der Waals surface area (Å²) in [7, 11) is 3.11. The van der Waals surface area contributed by atoms with E-state index in [1.165, 1.54) is 13.3 Å². The number of nitrogens with zero attached hydrogens (tertiary/aromatic N) is 2. The standard InChI is InChI=1S/C6H7IN2O2/c1-9-4(5(10)11-2)3-8-6(9)7/h3H,1-2H3. The summed E-state index contributed by atoms with van der Waals surface area (Å²) >= 11 is 2.04. The number of esters is 1. The van der Waals surface area contributed by atoms with Crippen LogP contribution in [-0.2, 0) is 11.8 Å². The summed E-state index contributed by atoms with van der Waals surface area (Å²) in [6.07, 6.45) is 1.49.